The van der Waals surface area contributed by atoms with Crippen LogP contribution in [-0.2, 0) is 0 Å². The Morgan fingerprint density at radius 2 is 2.07 bits per heavy atom. The predicted octanol–water partition coefficient (Wildman–Crippen LogP) is 0.569. The van der Waals surface area contributed by atoms with Crippen LogP contribution in [0.25, 0.3) is 0 Å². The third kappa shape index (κ3) is 1.95. The first kappa shape index (κ1) is 10.4. The van der Waals surface area contributed by atoms with E-state index in [9.17, 15) is 5.11 Å². The van der Waals surface area contributed by atoms with Crippen molar-refractivity contribution >= 4 is 0 Å². The maximum atomic E-state index is 9.82. The first-order valence-electron chi connectivity index (χ1n) is 5.86. The Bertz CT molecular complexity index is 198. The second-order valence-electron chi connectivity index (χ2n) is 4.99. The van der Waals surface area contributed by atoms with Crippen LogP contribution >= 0.6 is 0 Å². The van der Waals surface area contributed by atoms with Gasteiger partial charge in [0, 0.05) is 25.2 Å². The zero-order valence-electron chi connectivity index (χ0n) is 9.02. The van der Waals surface area contributed by atoms with Crippen LogP contribution in [0.15, 0.2) is 0 Å². The molecule has 1 aliphatic heterocycles. The quantitative estimate of drug-likeness (QED) is 0.647. The van der Waals surface area contributed by atoms with Crippen molar-refractivity contribution in [2.75, 3.05) is 13.1 Å². The van der Waals surface area contributed by atoms with Crippen LogP contribution in [0.1, 0.15) is 32.6 Å². The van der Waals surface area contributed by atoms with Crippen LogP contribution in [0.5, 0.6) is 0 Å². The fourth-order valence-electron chi connectivity index (χ4n) is 2.84. The number of aliphatic hydroxyl groups excluding tert-OH is 1. The van der Waals surface area contributed by atoms with E-state index in [1.807, 2.05) is 0 Å². The molecular formula is C11H22N2O. The third-order valence-electron chi connectivity index (χ3n) is 3.92. The maximum Gasteiger partial charge on any atom is 0.0695 e. The smallest absolute Gasteiger partial charge is 0.0695 e. The molecule has 3 nitrogen and oxygen atoms in total. The Labute approximate surface area is 86.3 Å². The van der Waals surface area contributed by atoms with Gasteiger partial charge in [-0.3, -0.25) is 4.90 Å². The number of hydrogen-bond acceptors (Lipinski definition) is 3. The first-order chi connectivity index (χ1) is 6.68. The highest BCUT2D eigenvalue weighted by atomic mass is 16.3. The fraction of sp³-hybridized carbons (Fsp3) is 1.00. The number of nitrogens with zero attached hydrogens (tertiary/aromatic N) is 1. The fourth-order valence-corrected chi connectivity index (χ4v) is 2.84. The molecule has 14 heavy (non-hydrogen) atoms. The van der Waals surface area contributed by atoms with Crippen LogP contribution in [0, 0.1) is 5.92 Å². The van der Waals surface area contributed by atoms with Crippen LogP contribution in [0.3, 0.4) is 0 Å². The lowest BCUT2D eigenvalue weighted by Gasteiger charge is -2.39. The summed E-state index contributed by atoms with van der Waals surface area (Å²) in [5, 5.41) is 9.82. The minimum Gasteiger partial charge on any atom is -0.391 e. The van der Waals surface area contributed by atoms with E-state index in [2.05, 4.69) is 11.8 Å². The Hall–Kier alpha value is -0.120. The van der Waals surface area contributed by atoms with E-state index >= 15 is 0 Å². The molecule has 0 bridgehead atoms. The molecule has 0 aromatic heterocycles. The number of aliphatic hydroxyl groups is 1. The summed E-state index contributed by atoms with van der Waals surface area (Å²) in [6.45, 7) is 4.37. The lowest BCUT2D eigenvalue weighted by Crippen LogP contribution is -2.51. The largest absolute Gasteiger partial charge is 0.391 e. The van der Waals surface area contributed by atoms with E-state index < -0.39 is 0 Å². The molecule has 0 aromatic rings. The van der Waals surface area contributed by atoms with Crippen molar-refractivity contribution in [1.29, 1.82) is 0 Å². The van der Waals surface area contributed by atoms with Gasteiger partial charge >= 0.3 is 0 Å². The van der Waals surface area contributed by atoms with Crippen LogP contribution in [0.4, 0.5) is 0 Å². The molecule has 82 valence electrons. The summed E-state index contributed by atoms with van der Waals surface area (Å²) in [4.78, 5) is 2.45. The molecule has 1 aliphatic carbocycles. The first-order valence-corrected chi connectivity index (χ1v) is 5.86. The normalized spacial score (nSPS) is 45.6. The molecule has 1 heterocycles. The minimum atomic E-state index is -0.0866. The van der Waals surface area contributed by atoms with Crippen molar-refractivity contribution in [3.8, 4) is 0 Å². The van der Waals surface area contributed by atoms with E-state index in [1.54, 1.807) is 0 Å². The number of likely N-dealkylation sites (tertiary alicyclic amines) is 1. The van der Waals surface area contributed by atoms with Gasteiger partial charge in [-0.1, -0.05) is 6.92 Å². The summed E-state index contributed by atoms with van der Waals surface area (Å²) in [7, 11) is 0. The average Bonchev–Trinajstić information content (AvgIpc) is 2.57. The van der Waals surface area contributed by atoms with Gasteiger partial charge in [0.2, 0.25) is 0 Å². The number of nitrogens with two attached hydrogens (primary N) is 1. The molecule has 3 heteroatoms. The van der Waals surface area contributed by atoms with Gasteiger partial charge in [0.15, 0.2) is 0 Å². The van der Waals surface area contributed by atoms with Crippen molar-refractivity contribution in [3.05, 3.63) is 0 Å². The minimum absolute atomic E-state index is 0.0866. The van der Waals surface area contributed by atoms with E-state index in [0.29, 0.717) is 18.0 Å². The lowest BCUT2D eigenvalue weighted by molar-refractivity contribution is 0.0406. The summed E-state index contributed by atoms with van der Waals surface area (Å²) in [5.41, 5.74) is 5.98. The summed E-state index contributed by atoms with van der Waals surface area (Å²) in [6, 6.07) is 0.787. The maximum absolute atomic E-state index is 9.82. The van der Waals surface area contributed by atoms with Crippen LogP contribution in [0.2, 0.25) is 0 Å². The molecule has 0 radical (unpaired) electrons. The monoisotopic (exact) mass is 198 g/mol. The van der Waals surface area contributed by atoms with Crippen LogP contribution < -0.4 is 5.73 Å². The second-order valence-corrected chi connectivity index (χ2v) is 4.99. The molecule has 0 aromatic carbocycles. The van der Waals surface area contributed by atoms with E-state index in [1.165, 1.54) is 12.8 Å². The zero-order chi connectivity index (χ0) is 10.1. The molecule has 2 rings (SSSR count). The molecule has 2 aliphatic rings. The number of rotatable bonds is 1. The van der Waals surface area contributed by atoms with Gasteiger partial charge in [0.05, 0.1) is 6.10 Å². The Morgan fingerprint density at radius 1 is 1.29 bits per heavy atom. The topological polar surface area (TPSA) is 49.5 Å². The SMILES string of the molecule is CC1CN(C2CCCC2O)CCC1N. The van der Waals surface area contributed by atoms with Gasteiger partial charge < -0.3 is 10.8 Å². The highest BCUT2D eigenvalue weighted by Crippen LogP contribution is 2.27. The summed E-state index contributed by atoms with van der Waals surface area (Å²) < 4.78 is 0. The number of piperidine rings is 1. The van der Waals surface area contributed by atoms with E-state index in [4.69, 9.17) is 5.73 Å². The van der Waals surface area contributed by atoms with Crippen molar-refractivity contribution in [3.63, 3.8) is 0 Å². The van der Waals surface area contributed by atoms with Crippen molar-refractivity contribution in [2.45, 2.75) is 50.8 Å². The molecule has 1 saturated carbocycles. The van der Waals surface area contributed by atoms with Gasteiger partial charge in [0.1, 0.15) is 0 Å². The lowest BCUT2D eigenvalue weighted by atomic mass is 9.93. The van der Waals surface area contributed by atoms with Crippen molar-refractivity contribution in [1.82, 2.24) is 4.90 Å². The standard InChI is InChI=1S/C11H22N2O/c1-8-7-13(6-5-9(8)12)10-3-2-4-11(10)14/h8-11,14H,2-7,12H2,1H3. The summed E-state index contributed by atoms with van der Waals surface area (Å²) >= 11 is 0. The van der Waals surface area contributed by atoms with Gasteiger partial charge in [-0.2, -0.15) is 0 Å². The second kappa shape index (κ2) is 4.17. The predicted molar refractivity (Wildman–Crippen MR) is 57.0 cm³/mol. The summed E-state index contributed by atoms with van der Waals surface area (Å²) in [6.07, 6.45) is 4.34. The van der Waals surface area contributed by atoms with Gasteiger partial charge in [-0.05, 0) is 31.6 Å². The summed E-state index contributed by atoms with van der Waals surface area (Å²) in [5.74, 6) is 0.580. The average molecular weight is 198 g/mol. The third-order valence-corrected chi connectivity index (χ3v) is 3.92. The Morgan fingerprint density at radius 3 is 2.64 bits per heavy atom. The molecule has 4 atom stereocenters. The van der Waals surface area contributed by atoms with Gasteiger partial charge in [-0.15, -0.1) is 0 Å². The Kier molecular flexibility index (Phi) is 3.10. The molecule has 0 spiro atoms. The van der Waals surface area contributed by atoms with E-state index in [-0.39, 0.29) is 6.10 Å². The van der Waals surface area contributed by atoms with E-state index in [0.717, 1.165) is 25.9 Å². The molecule has 0 amide bonds. The molecule has 1 saturated heterocycles. The molecule has 2 fully saturated rings. The van der Waals surface area contributed by atoms with Gasteiger partial charge in [0.25, 0.3) is 0 Å². The zero-order valence-corrected chi connectivity index (χ0v) is 9.02. The van der Waals surface area contributed by atoms with Crippen LogP contribution in [-0.4, -0.2) is 41.3 Å². The van der Waals surface area contributed by atoms with Crippen molar-refractivity contribution < 1.29 is 5.11 Å². The number of hydrogen-bond donors (Lipinski definition) is 2. The Balaban J connectivity index is 1.92. The van der Waals surface area contributed by atoms with Crippen molar-refractivity contribution in [2.24, 2.45) is 11.7 Å². The van der Waals surface area contributed by atoms with Gasteiger partial charge in [-0.25, -0.2) is 0 Å². The molecular weight excluding hydrogens is 176 g/mol. The molecule has 3 N–H and O–H groups in total. The molecule has 4 unspecified atom stereocenters. The highest BCUT2D eigenvalue weighted by Gasteiger charge is 2.34. The highest BCUT2D eigenvalue weighted by molar-refractivity contribution is 4.90.